The molecule has 8 heteroatoms. The average molecular weight is 378 g/mol. The molecule has 4 rings (SSSR count). The number of fused-ring (bicyclic) bond motifs is 3. The standard InChI is InChI=1S/C18H22N2O5S/c1-10-3-4-13(9-19-10)26(24,25)20-17(2)7-12-5-11-6-14(11)18(12,23)15(8-17)16(21)22/h3-4,8-9,11-12,14,20,23H,5-7H2,1-2H3,(H,21,22)/t11?,12?,14-,17-,18-/m1/s1. The van der Waals surface area contributed by atoms with Crippen LogP contribution in [0.3, 0.4) is 0 Å². The molecule has 7 nitrogen and oxygen atoms in total. The topological polar surface area (TPSA) is 117 Å². The van der Waals surface area contributed by atoms with Gasteiger partial charge in [0.15, 0.2) is 0 Å². The molecule has 0 spiro atoms. The minimum absolute atomic E-state index is 0.0164. The van der Waals surface area contributed by atoms with Crippen molar-refractivity contribution in [2.75, 3.05) is 0 Å². The van der Waals surface area contributed by atoms with Gasteiger partial charge in [0.2, 0.25) is 10.0 Å². The molecule has 0 saturated heterocycles. The van der Waals surface area contributed by atoms with Crippen molar-refractivity contribution in [1.29, 1.82) is 0 Å². The second-order valence-electron chi connectivity index (χ2n) is 8.09. The zero-order valence-electron chi connectivity index (χ0n) is 14.6. The maximum atomic E-state index is 12.7. The minimum atomic E-state index is -3.87. The molecule has 1 aromatic rings. The van der Waals surface area contributed by atoms with E-state index in [-0.39, 0.29) is 22.3 Å². The van der Waals surface area contributed by atoms with Gasteiger partial charge in [-0.3, -0.25) is 4.98 Å². The highest BCUT2D eigenvalue weighted by Gasteiger charge is 2.67. The number of hydrogen-bond acceptors (Lipinski definition) is 5. The van der Waals surface area contributed by atoms with Crippen molar-refractivity contribution in [3.05, 3.63) is 35.7 Å². The van der Waals surface area contributed by atoms with E-state index in [0.717, 1.165) is 12.8 Å². The average Bonchev–Trinajstić information content (AvgIpc) is 3.24. The maximum Gasteiger partial charge on any atom is 0.334 e. The largest absolute Gasteiger partial charge is 0.478 e. The zero-order chi connectivity index (χ0) is 18.9. The summed E-state index contributed by atoms with van der Waals surface area (Å²) in [5, 5.41) is 20.7. The smallest absolute Gasteiger partial charge is 0.334 e. The van der Waals surface area contributed by atoms with E-state index in [0.29, 0.717) is 18.0 Å². The number of carboxylic acids is 1. The summed E-state index contributed by atoms with van der Waals surface area (Å²) in [6, 6.07) is 3.08. The van der Waals surface area contributed by atoms with E-state index in [1.807, 2.05) is 0 Å². The molecule has 0 bridgehead atoms. The predicted molar refractivity (Wildman–Crippen MR) is 92.7 cm³/mol. The van der Waals surface area contributed by atoms with Crippen LogP contribution in [0.5, 0.6) is 0 Å². The normalized spacial score (nSPS) is 38.3. The van der Waals surface area contributed by atoms with Gasteiger partial charge in [0.25, 0.3) is 0 Å². The van der Waals surface area contributed by atoms with Gasteiger partial charge in [0.05, 0.1) is 5.57 Å². The third-order valence-corrected chi connectivity index (χ3v) is 7.65. The first-order valence-electron chi connectivity index (χ1n) is 8.71. The van der Waals surface area contributed by atoms with E-state index in [1.54, 1.807) is 19.9 Å². The van der Waals surface area contributed by atoms with Gasteiger partial charge in [-0.05, 0) is 63.0 Å². The number of sulfonamides is 1. The second kappa shape index (κ2) is 5.37. The molecule has 1 aromatic heterocycles. The van der Waals surface area contributed by atoms with Crippen LogP contribution in [-0.2, 0) is 14.8 Å². The van der Waals surface area contributed by atoms with Crippen LogP contribution in [0.25, 0.3) is 0 Å². The summed E-state index contributed by atoms with van der Waals surface area (Å²) in [7, 11) is -3.87. The number of carboxylic acid groups (broad SMARTS) is 1. The molecule has 1 heterocycles. The van der Waals surface area contributed by atoms with Gasteiger partial charge in [0.1, 0.15) is 10.5 Å². The number of aryl methyl sites for hydroxylation is 1. The lowest BCUT2D eigenvalue weighted by molar-refractivity contribution is -0.137. The highest BCUT2D eigenvalue weighted by molar-refractivity contribution is 7.89. The zero-order valence-corrected chi connectivity index (χ0v) is 15.5. The summed E-state index contributed by atoms with van der Waals surface area (Å²) < 4.78 is 28.1. The molecule has 3 aliphatic rings. The summed E-state index contributed by atoms with van der Waals surface area (Å²) in [5.41, 5.74) is -1.79. The first kappa shape index (κ1) is 17.6. The van der Waals surface area contributed by atoms with Crippen LogP contribution in [0.1, 0.15) is 31.9 Å². The number of aliphatic carboxylic acids is 1. The molecular formula is C18H22N2O5S. The molecule has 0 radical (unpaired) electrons. The van der Waals surface area contributed by atoms with E-state index >= 15 is 0 Å². The lowest BCUT2D eigenvalue weighted by Gasteiger charge is -2.44. The molecule has 0 aromatic carbocycles. The predicted octanol–water partition coefficient (Wildman–Crippen LogP) is 1.23. The summed E-state index contributed by atoms with van der Waals surface area (Å²) in [6.45, 7) is 3.43. The summed E-state index contributed by atoms with van der Waals surface area (Å²) in [6.07, 6.45) is 4.62. The molecule has 2 saturated carbocycles. The van der Waals surface area contributed by atoms with Crippen molar-refractivity contribution in [1.82, 2.24) is 9.71 Å². The molecule has 2 unspecified atom stereocenters. The van der Waals surface area contributed by atoms with Crippen molar-refractivity contribution in [3.8, 4) is 0 Å². The van der Waals surface area contributed by atoms with Crippen molar-refractivity contribution in [2.45, 2.75) is 49.1 Å². The van der Waals surface area contributed by atoms with Gasteiger partial charge in [0, 0.05) is 17.4 Å². The van der Waals surface area contributed by atoms with Gasteiger partial charge in [-0.25, -0.2) is 17.9 Å². The Kier molecular flexibility index (Phi) is 3.64. The third-order valence-electron chi connectivity index (χ3n) is 6.05. The number of nitrogens with one attached hydrogen (secondary N) is 1. The van der Waals surface area contributed by atoms with Gasteiger partial charge in [-0.15, -0.1) is 0 Å². The monoisotopic (exact) mass is 378 g/mol. The van der Waals surface area contributed by atoms with E-state index in [4.69, 9.17) is 0 Å². The molecule has 3 N–H and O–H groups in total. The maximum absolute atomic E-state index is 12.7. The molecule has 5 atom stereocenters. The SMILES string of the molecule is Cc1ccc(S(=O)(=O)N[C@@]2(C)C=C(C(=O)O)[C@@]3(O)C(CC4C[C@H]43)C2)cn1. The number of nitrogens with zero attached hydrogens (tertiary/aromatic N) is 1. The fourth-order valence-corrected chi connectivity index (χ4v) is 6.15. The minimum Gasteiger partial charge on any atom is -0.478 e. The van der Waals surface area contributed by atoms with E-state index < -0.39 is 27.1 Å². The highest BCUT2D eigenvalue weighted by Crippen LogP contribution is 2.65. The van der Waals surface area contributed by atoms with Crippen molar-refractivity contribution >= 4 is 16.0 Å². The van der Waals surface area contributed by atoms with Gasteiger partial charge in [-0.1, -0.05) is 6.08 Å². The Morgan fingerprint density at radius 1 is 1.35 bits per heavy atom. The molecule has 26 heavy (non-hydrogen) atoms. The van der Waals surface area contributed by atoms with E-state index in [2.05, 4.69) is 9.71 Å². The number of carbonyl (C=O) groups is 1. The first-order valence-corrected chi connectivity index (χ1v) is 10.2. The van der Waals surface area contributed by atoms with Gasteiger partial charge in [-0.2, -0.15) is 0 Å². The molecule has 140 valence electrons. The van der Waals surface area contributed by atoms with Crippen LogP contribution < -0.4 is 4.72 Å². The molecule has 0 amide bonds. The number of aliphatic hydroxyl groups is 1. The summed E-state index contributed by atoms with van der Waals surface area (Å²) >= 11 is 0. The third kappa shape index (κ3) is 2.59. The van der Waals surface area contributed by atoms with E-state index in [1.165, 1.54) is 18.3 Å². The number of aromatic nitrogens is 1. The molecule has 0 aliphatic heterocycles. The van der Waals surface area contributed by atoms with Crippen LogP contribution in [-0.4, -0.2) is 40.7 Å². The fourth-order valence-electron chi connectivity index (χ4n) is 4.84. The Bertz CT molecular complexity index is 910. The van der Waals surface area contributed by atoms with E-state index in [9.17, 15) is 23.4 Å². The van der Waals surface area contributed by atoms with Crippen LogP contribution in [0, 0.1) is 24.7 Å². The number of rotatable bonds is 4. The van der Waals surface area contributed by atoms with Crippen molar-refractivity contribution in [3.63, 3.8) is 0 Å². The Morgan fingerprint density at radius 3 is 2.69 bits per heavy atom. The van der Waals surface area contributed by atoms with Crippen LogP contribution >= 0.6 is 0 Å². The lowest BCUT2D eigenvalue weighted by Crippen LogP contribution is -2.55. The molecule has 3 aliphatic carbocycles. The Labute approximate surface area is 152 Å². The lowest BCUT2D eigenvalue weighted by atomic mass is 9.68. The second-order valence-corrected chi connectivity index (χ2v) is 9.77. The molecular weight excluding hydrogens is 356 g/mol. The number of hydrogen-bond donors (Lipinski definition) is 3. The van der Waals surface area contributed by atoms with Gasteiger partial charge < -0.3 is 10.2 Å². The first-order chi connectivity index (χ1) is 12.1. The van der Waals surface area contributed by atoms with Crippen LogP contribution in [0.4, 0.5) is 0 Å². The number of pyridine rings is 1. The van der Waals surface area contributed by atoms with Gasteiger partial charge >= 0.3 is 5.97 Å². The quantitative estimate of drug-likeness (QED) is 0.726. The van der Waals surface area contributed by atoms with Crippen LogP contribution in [0.2, 0.25) is 0 Å². The van der Waals surface area contributed by atoms with Crippen molar-refractivity contribution in [2.24, 2.45) is 17.8 Å². The summed E-state index contributed by atoms with van der Waals surface area (Å²) in [5.74, 6) is -1.12. The highest BCUT2D eigenvalue weighted by atomic mass is 32.2. The Hall–Kier alpha value is -1.77. The van der Waals surface area contributed by atoms with Crippen molar-refractivity contribution < 1.29 is 23.4 Å². The summed E-state index contributed by atoms with van der Waals surface area (Å²) in [4.78, 5) is 15.9. The molecule has 2 fully saturated rings. The Balaban J connectivity index is 1.70. The fraction of sp³-hybridized carbons (Fsp3) is 0.556. The van der Waals surface area contributed by atoms with Crippen LogP contribution in [0.15, 0.2) is 34.9 Å². The Morgan fingerprint density at radius 2 is 2.08 bits per heavy atom.